The van der Waals surface area contributed by atoms with E-state index in [0.717, 1.165) is 5.39 Å². The monoisotopic (exact) mass is 435 g/mol. The highest BCUT2D eigenvalue weighted by Gasteiger charge is 2.13. The number of carbonyl (C=O) groups excluding carboxylic acids is 1. The minimum absolute atomic E-state index is 0.218. The molecule has 4 aromatic rings. The van der Waals surface area contributed by atoms with Gasteiger partial charge in [-0.2, -0.15) is 0 Å². The number of pyridine rings is 2. The first-order valence-corrected chi connectivity index (χ1v) is 9.74. The Bertz CT molecular complexity index is 1220. The second-order valence-electron chi connectivity index (χ2n) is 6.42. The SMILES string of the molecule is COc1ccc(Oc2ncccc2NC(=O)COc2ccc(Cl)c3cccnc23)cc1. The van der Waals surface area contributed by atoms with E-state index < -0.39 is 0 Å². The lowest BCUT2D eigenvalue weighted by atomic mass is 10.2. The van der Waals surface area contributed by atoms with E-state index in [-0.39, 0.29) is 18.4 Å². The summed E-state index contributed by atoms with van der Waals surface area (Å²) in [6.45, 7) is -0.218. The average Bonchev–Trinajstić information content (AvgIpc) is 2.81. The molecule has 0 aliphatic heterocycles. The Morgan fingerprint density at radius 3 is 2.52 bits per heavy atom. The first-order valence-electron chi connectivity index (χ1n) is 9.37. The van der Waals surface area contributed by atoms with E-state index in [4.69, 9.17) is 25.8 Å². The fourth-order valence-electron chi connectivity index (χ4n) is 2.88. The van der Waals surface area contributed by atoms with Crippen LogP contribution in [-0.2, 0) is 4.79 Å². The third-order valence-corrected chi connectivity index (χ3v) is 4.69. The van der Waals surface area contributed by atoms with Crippen molar-refractivity contribution >= 4 is 34.1 Å². The molecule has 0 fully saturated rings. The summed E-state index contributed by atoms with van der Waals surface area (Å²) in [5, 5.41) is 4.08. The standard InChI is InChI=1S/C23H18ClN3O4/c1-29-15-6-8-16(9-7-15)31-23-19(5-3-13-26-23)27-21(28)14-30-20-11-10-18(24)17-4-2-12-25-22(17)20/h2-13H,14H2,1H3,(H,27,28). The Morgan fingerprint density at radius 1 is 0.968 bits per heavy atom. The summed E-state index contributed by atoms with van der Waals surface area (Å²) in [6.07, 6.45) is 3.22. The lowest BCUT2D eigenvalue weighted by Crippen LogP contribution is -2.20. The summed E-state index contributed by atoms with van der Waals surface area (Å²) in [6, 6.07) is 17.5. The maximum absolute atomic E-state index is 12.5. The summed E-state index contributed by atoms with van der Waals surface area (Å²) in [5.41, 5.74) is 1.01. The van der Waals surface area contributed by atoms with Crippen molar-refractivity contribution in [2.75, 3.05) is 19.0 Å². The molecular formula is C23H18ClN3O4. The zero-order valence-corrected chi connectivity index (χ0v) is 17.3. The number of hydrogen-bond donors (Lipinski definition) is 1. The summed E-state index contributed by atoms with van der Waals surface area (Å²) in [4.78, 5) is 21.0. The average molecular weight is 436 g/mol. The molecule has 0 saturated carbocycles. The van der Waals surface area contributed by atoms with Crippen molar-refractivity contribution in [1.29, 1.82) is 0 Å². The van der Waals surface area contributed by atoms with Crippen LogP contribution in [0.25, 0.3) is 10.9 Å². The molecule has 2 heterocycles. The van der Waals surface area contributed by atoms with Gasteiger partial charge < -0.3 is 19.5 Å². The van der Waals surface area contributed by atoms with Crippen LogP contribution in [0.1, 0.15) is 0 Å². The van der Waals surface area contributed by atoms with Gasteiger partial charge in [-0.1, -0.05) is 11.6 Å². The highest BCUT2D eigenvalue weighted by Crippen LogP contribution is 2.30. The topological polar surface area (TPSA) is 82.6 Å². The van der Waals surface area contributed by atoms with Crippen molar-refractivity contribution in [3.8, 4) is 23.1 Å². The van der Waals surface area contributed by atoms with Gasteiger partial charge in [-0.05, 0) is 60.7 Å². The number of hydrogen-bond acceptors (Lipinski definition) is 6. The van der Waals surface area contributed by atoms with Crippen molar-refractivity contribution in [3.05, 3.63) is 78.1 Å². The minimum atomic E-state index is -0.369. The molecule has 0 atom stereocenters. The molecule has 2 aromatic carbocycles. The van der Waals surface area contributed by atoms with Gasteiger partial charge in [0.2, 0.25) is 5.88 Å². The molecule has 0 aliphatic rings. The van der Waals surface area contributed by atoms with Gasteiger partial charge in [0, 0.05) is 17.8 Å². The Balaban J connectivity index is 1.44. The van der Waals surface area contributed by atoms with Gasteiger partial charge in [-0.15, -0.1) is 0 Å². The molecule has 2 aromatic heterocycles. The van der Waals surface area contributed by atoms with Crippen LogP contribution in [0.4, 0.5) is 5.69 Å². The third-order valence-electron chi connectivity index (χ3n) is 4.36. The second kappa shape index (κ2) is 9.32. The minimum Gasteiger partial charge on any atom is -0.497 e. The number of anilines is 1. The van der Waals surface area contributed by atoms with E-state index in [1.807, 2.05) is 6.07 Å². The summed E-state index contributed by atoms with van der Waals surface area (Å²) < 4.78 is 16.6. The first-order chi connectivity index (χ1) is 15.1. The maximum Gasteiger partial charge on any atom is 0.262 e. The predicted octanol–water partition coefficient (Wildman–Crippen LogP) is 5.10. The van der Waals surface area contributed by atoms with Gasteiger partial charge in [0.1, 0.15) is 28.5 Å². The predicted molar refractivity (Wildman–Crippen MR) is 118 cm³/mol. The van der Waals surface area contributed by atoms with E-state index in [2.05, 4.69) is 15.3 Å². The van der Waals surface area contributed by atoms with E-state index in [1.54, 1.807) is 74.1 Å². The third kappa shape index (κ3) is 4.84. The second-order valence-corrected chi connectivity index (χ2v) is 6.82. The fourth-order valence-corrected chi connectivity index (χ4v) is 3.10. The quantitative estimate of drug-likeness (QED) is 0.434. The highest BCUT2D eigenvalue weighted by molar-refractivity contribution is 6.35. The number of carbonyl (C=O) groups is 1. The number of methoxy groups -OCH3 is 1. The molecule has 0 spiro atoms. The maximum atomic E-state index is 12.5. The number of ether oxygens (including phenoxy) is 3. The smallest absolute Gasteiger partial charge is 0.262 e. The molecule has 0 radical (unpaired) electrons. The van der Waals surface area contributed by atoms with Crippen LogP contribution in [0.5, 0.6) is 23.1 Å². The number of rotatable bonds is 7. The normalized spacial score (nSPS) is 10.5. The molecule has 4 rings (SSSR count). The number of amides is 1. The Morgan fingerprint density at radius 2 is 1.71 bits per heavy atom. The zero-order valence-electron chi connectivity index (χ0n) is 16.5. The van der Waals surface area contributed by atoms with Crippen molar-refractivity contribution < 1.29 is 19.0 Å². The molecule has 7 nitrogen and oxygen atoms in total. The van der Waals surface area contributed by atoms with Crippen LogP contribution in [0.3, 0.4) is 0 Å². The number of benzene rings is 2. The van der Waals surface area contributed by atoms with Crippen molar-refractivity contribution in [2.24, 2.45) is 0 Å². The number of nitrogens with zero attached hydrogens (tertiary/aromatic N) is 2. The van der Waals surface area contributed by atoms with Crippen LogP contribution in [0, 0.1) is 0 Å². The number of halogens is 1. The van der Waals surface area contributed by atoms with Gasteiger partial charge in [0.15, 0.2) is 6.61 Å². The lowest BCUT2D eigenvalue weighted by molar-refractivity contribution is -0.118. The Hall–Kier alpha value is -3.84. The molecule has 31 heavy (non-hydrogen) atoms. The molecule has 8 heteroatoms. The van der Waals surface area contributed by atoms with Crippen molar-refractivity contribution in [3.63, 3.8) is 0 Å². The summed E-state index contributed by atoms with van der Waals surface area (Å²) in [7, 11) is 1.59. The van der Waals surface area contributed by atoms with Crippen LogP contribution in [0.15, 0.2) is 73.1 Å². The molecular weight excluding hydrogens is 418 g/mol. The Labute approximate surface area is 183 Å². The molecule has 156 valence electrons. The van der Waals surface area contributed by atoms with E-state index in [1.165, 1.54) is 0 Å². The number of nitrogens with one attached hydrogen (secondary N) is 1. The number of fused-ring (bicyclic) bond motifs is 1. The van der Waals surface area contributed by atoms with Crippen LogP contribution < -0.4 is 19.5 Å². The molecule has 0 aliphatic carbocycles. The first kappa shape index (κ1) is 20.4. The molecule has 1 amide bonds. The van der Waals surface area contributed by atoms with Gasteiger partial charge >= 0.3 is 0 Å². The highest BCUT2D eigenvalue weighted by atomic mass is 35.5. The molecule has 0 unspecified atom stereocenters. The largest absolute Gasteiger partial charge is 0.497 e. The zero-order chi connectivity index (χ0) is 21.6. The van der Waals surface area contributed by atoms with Gasteiger partial charge in [-0.3, -0.25) is 9.78 Å². The van der Waals surface area contributed by atoms with E-state index in [9.17, 15) is 4.79 Å². The summed E-state index contributed by atoms with van der Waals surface area (Å²) >= 11 is 6.20. The van der Waals surface area contributed by atoms with Crippen LogP contribution in [0.2, 0.25) is 5.02 Å². The van der Waals surface area contributed by atoms with Gasteiger partial charge in [-0.25, -0.2) is 4.98 Å². The van der Waals surface area contributed by atoms with Gasteiger partial charge in [0.05, 0.1) is 12.1 Å². The summed E-state index contributed by atoms with van der Waals surface area (Å²) in [5.74, 6) is 1.63. The Kier molecular flexibility index (Phi) is 6.14. The van der Waals surface area contributed by atoms with Crippen molar-refractivity contribution in [2.45, 2.75) is 0 Å². The van der Waals surface area contributed by atoms with E-state index in [0.29, 0.717) is 33.5 Å². The lowest BCUT2D eigenvalue weighted by Gasteiger charge is -2.12. The molecule has 0 saturated heterocycles. The fraction of sp³-hybridized carbons (Fsp3) is 0.0870. The van der Waals surface area contributed by atoms with Crippen LogP contribution >= 0.6 is 11.6 Å². The van der Waals surface area contributed by atoms with Gasteiger partial charge in [0.25, 0.3) is 5.91 Å². The van der Waals surface area contributed by atoms with E-state index >= 15 is 0 Å². The molecule has 1 N–H and O–H groups in total. The van der Waals surface area contributed by atoms with Crippen molar-refractivity contribution in [1.82, 2.24) is 9.97 Å². The number of aromatic nitrogens is 2. The van der Waals surface area contributed by atoms with Crippen LogP contribution in [-0.4, -0.2) is 29.6 Å². The molecule has 0 bridgehead atoms.